The molecule has 112 valence electrons. The zero-order chi connectivity index (χ0) is 14.4. The first-order valence-corrected chi connectivity index (χ1v) is 8.19. The number of carbonyl (C=O) groups is 2. The number of piperazine rings is 1. The molecule has 4 nitrogen and oxygen atoms in total. The molecule has 0 radical (unpaired) electrons. The van der Waals surface area contributed by atoms with Crippen molar-refractivity contribution in [3.63, 3.8) is 0 Å². The molecular weight excluding hydrogens is 252 g/mol. The van der Waals surface area contributed by atoms with E-state index in [1.54, 1.807) is 0 Å². The van der Waals surface area contributed by atoms with Gasteiger partial charge in [-0.2, -0.15) is 0 Å². The highest BCUT2D eigenvalue weighted by Crippen LogP contribution is 2.46. The molecule has 1 atom stereocenters. The third-order valence-electron chi connectivity index (χ3n) is 5.52. The van der Waals surface area contributed by atoms with Crippen LogP contribution in [0, 0.1) is 5.92 Å². The summed E-state index contributed by atoms with van der Waals surface area (Å²) in [6.45, 7) is 4.74. The van der Waals surface area contributed by atoms with E-state index in [0.717, 1.165) is 44.9 Å². The first-order chi connectivity index (χ1) is 9.54. The Balaban J connectivity index is 1.95. The average molecular weight is 278 g/mol. The molecule has 1 spiro atoms. The van der Waals surface area contributed by atoms with Crippen LogP contribution >= 0.6 is 0 Å². The van der Waals surface area contributed by atoms with Crippen molar-refractivity contribution in [1.29, 1.82) is 0 Å². The van der Waals surface area contributed by atoms with Crippen molar-refractivity contribution in [3.05, 3.63) is 0 Å². The van der Waals surface area contributed by atoms with E-state index in [2.05, 4.69) is 12.2 Å². The number of rotatable bonds is 3. The summed E-state index contributed by atoms with van der Waals surface area (Å²) in [5.41, 5.74) is -1.19. The quantitative estimate of drug-likeness (QED) is 0.860. The van der Waals surface area contributed by atoms with Crippen molar-refractivity contribution in [2.24, 2.45) is 5.92 Å². The number of nitrogens with zero attached hydrogens (tertiary/aromatic N) is 1. The number of carbonyl (C=O) groups excluding carboxylic acids is 2. The minimum absolute atomic E-state index is 0.111. The van der Waals surface area contributed by atoms with Gasteiger partial charge in [-0.05, 0) is 44.9 Å². The Morgan fingerprint density at radius 1 is 1.20 bits per heavy atom. The monoisotopic (exact) mass is 278 g/mol. The van der Waals surface area contributed by atoms with Gasteiger partial charge < -0.3 is 10.2 Å². The molecule has 2 aliphatic carbocycles. The second-order valence-corrected chi connectivity index (χ2v) is 6.98. The maximum absolute atomic E-state index is 13.0. The van der Waals surface area contributed by atoms with Gasteiger partial charge in [-0.3, -0.25) is 9.59 Å². The molecule has 20 heavy (non-hydrogen) atoms. The maximum atomic E-state index is 13.0. The lowest BCUT2D eigenvalue weighted by molar-refractivity contribution is -0.166. The first kappa shape index (κ1) is 13.9. The van der Waals surface area contributed by atoms with Crippen LogP contribution in [0.3, 0.4) is 0 Å². The molecule has 2 saturated carbocycles. The zero-order valence-corrected chi connectivity index (χ0v) is 12.7. The van der Waals surface area contributed by atoms with Gasteiger partial charge in [-0.15, -0.1) is 0 Å². The highest BCUT2D eigenvalue weighted by atomic mass is 16.2. The van der Waals surface area contributed by atoms with Gasteiger partial charge in [-0.1, -0.05) is 26.2 Å². The molecule has 0 bridgehead atoms. The van der Waals surface area contributed by atoms with Gasteiger partial charge in [0.05, 0.1) is 0 Å². The second kappa shape index (κ2) is 4.74. The summed E-state index contributed by atoms with van der Waals surface area (Å²) in [6.07, 6.45) is 8.02. The third kappa shape index (κ3) is 1.87. The molecule has 1 heterocycles. The molecule has 0 aromatic carbocycles. The van der Waals surface area contributed by atoms with Crippen LogP contribution in [0.2, 0.25) is 0 Å². The van der Waals surface area contributed by atoms with Gasteiger partial charge in [0.2, 0.25) is 11.8 Å². The standard InChI is InChI=1S/C16H26N2O2/c1-3-11-18-14(20)15(2,12-7-8-12)17-13(19)16(18)9-5-4-6-10-16/h12H,3-11H2,1-2H3,(H,17,19). The van der Waals surface area contributed by atoms with Crippen molar-refractivity contribution in [3.8, 4) is 0 Å². The van der Waals surface area contributed by atoms with E-state index < -0.39 is 11.1 Å². The minimum atomic E-state index is -0.644. The van der Waals surface area contributed by atoms with Crippen LogP contribution in [0.5, 0.6) is 0 Å². The summed E-state index contributed by atoms with van der Waals surface area (Å²) >= 11 is 0. The van der Waals surface area contributed by atoms with Crippen LogP contribution in [-0.4, -0.2) is 34.3 Å². The van der Waals surface area contributed by atoms with Crippen LogP contribution in [0.15, 0.2) is 0 Å². The van der Waals surface area contributed by atoms with Crippen molar-refractivity contribution >= 4 is 11.8 Å². The smallest absolute Gasteiger partial charge is 0.249 e. The molecule has 3 fully saturated rings. The molecule has 0 aromatic rings. The predicted molar refractivity (Wildman–Crippen MR) is 77.1 cm³/mol. The molecule has 0 aromatic heterocycles. The topological polar surface area (TPSA) is 49.4 Å². The fraction of sp³-hybridized carbons (Fsp3) is 0.875. The van der Waals surface area contributed by atoms with Crippen LogP contribution in [-0.2, 0) is 9.59 Å². The molecule has 4 heteroatoms. The Bertz CT molecular complexity index is 424. The predicted octanol–water partition coefficient (Wildman–Crippen LogP) is 2.23. The van der Waals surface area contributed by atoms with E-state index in [4.69, 9.17) is 0 Å². The Morgan fingerprint density at radius 2 is 1.85 bits per heavy atom. The number of hydrogen-bond donors (Lipinski definition) is 1. The SMILES string of the molecule is CCCN1C(=O)C(C)(C2CC2)NC(=O)C12CCCCC2. The molecular formula is C16H26N2O2. The number of hydrogen-bond acceptors (Lipinski definition) is 2. The normalized spacial score (nSPS) is 33.4. The van der Waals surface area contributed by atoms with Crippen LogP contribution in [0.25, 0.3) is 0 Å². The molecule has 1 unspecified atom stereocenters. The lowest BCUT2D eigenvalue weighted by Crippen LogP contribution is -2.76. The van der Waals surface area contributed by atoms with Crippen molar-refractivity contribution in [2.45, 2.75) is 76.3 Å². The van der Waals surface area contributed by atoms with Crippen molar-refractivity contribution < 1.29 is 9.59 Å². The highest BCUT2D eigenvalue weighted by Gasteiger charge is 2.60. The fourth-order valence-electron chi connectivity index (χ4n) is 4.11. The Labute approximate surface area is 121 Å². The summed E-state index contributed by atoms with van der Waals surface area (Å²) in [5.74, 6) is 0.627. The molecule has 1 aliphatic heterocycles. The van der Waals surface area contributed by atoms with Gasteiger partial charge in [0.25, 0.3) is 0 Å². The third-order valence-corrected chi connectivity index (χ3v) is 5.52. The average Bonchev–Trinajstić information content (AvgIpc) is 3.28. The Kier molecular flexibility index (Phi) is 3.30. The fourth-order valence-corrected chi connectivity index (χ4v) is 4.11. The van der Waals surface area contributed by atoms with Crippen molar-refractivity contribution in [2.75, 3.05) is 6.54 Å². The number of amides is 2. The van der Waals surface area contributed by atoms with Crippen molar-refractivity contribution in [1.82, 2.24) is 10.2 Å². The van der Waals surface area contributed by atoms with Gasteiger partial charge in [0.1, 0.15) is 11.1 Å². The summed E-state index contributed by atoms with van der Waals surface area (Å²) in [5, 5.41) is 3.12. The van der Waals surface area contributed by atoms with E-state index in [0.29, 0.717) is 12.5 Å². The van der Waals surface area contributed by atoms with Crippen LogP contribution in [0.4, 0.5) is 0 Å². The van der Waals surface area contributed by atoms with Crippen LogP contribution < -0.4 is 5.32 Å². The van der Waals surface area contributed by atoms with Crippen LogP contribution in [0.1, 0.15) is 65.2 Å². The lowest BCUT2D eigenvalue weighted by atomic mass is 9.74. The zero-order valence-electron chi connectivity index (χ0n) is 12.7. The van der Waals surface area contributed by atoms with Gasteiger partial charge in [0, 0.05) is 6.54 Å². The second-order valence-electron chi connectivity index (χ2n) is 6.98. The Hall–Kier alpha value is -1.06. The summed E-state index contributed by atoms with van der Waals surface area (Å²) in [4.78, 5) is 27.8. The van der Waals surface area contributed by atoms with Gasteiger partial charge in [0.15, 0.2) is 0 Å². The molecule has 3 aliphatic rings. The van der Waals surface area contributed by atoms with Gasteiger partial charge in [-0.25, -0.2) is 0 Å². The van der Waals surface area contributed by atoms with E-state index >= 15 is 0 Å². The van der Waals surface area contributed by atoms with E-state index in [1.807, 2.05) is 11.8 Å². The largest absolute Gasteiger partial charge is 0.340 e. The lowest BCUT2D eigenvalue weighted by Gasteiger charge is -2.53. The van der Waals surface area contributed by atoms with Gasteiger partial charge >= 0.3 is 0 Å². The Morgan fingerprint density at radius 3 is 2.40 bits per heavy atom. The minimum Gasteiger partial charge on any atom is -0.340 e. The molecule has 1 saturated heterocycles. The molecule has 1 N–H and O–H groups in total. The summed E-state index contributed by atoms with van der Waals surface area (Å²) in [7, 11) is 0. The summed E-state index contributed by atoms with van der Waals surface area (Å²) in [6, 6.07) is 0. The maximum Gasteiger partial charge on any atom is 0.249 e. The summed E-state index contributed by atoms with van der Waals surface area (Å²) < 4.78 is 0. The van der Waals surface area contributed by atoms with E-state index in [-0.39, 0.29) is 11.8 Å². The molecule has 3 rings (SSSR count). The van der Waals surface area contributed by atoms with E-state index in [1.165, 1.54) is 6.42 Å². The first-order valence-electron chi connectivity index (χ1n) is 8.19. The molecule has 2 amide bonds. The number of nitrogens with one attached hydrogen (secondary N) is 1. The highest BCUT2D eigenvalue weighted by molar-refractivity contribution is 6.02. The van der Waals surface area contributed by atoms with E-state index in [9.17, 15) is 9.59 Å².